The minimum Gasteiger partial charge on any atom is -0.464 e. The van der Waals surface area contributed by atoms with E-state index in [2.05, 4.69) is 23.1 Å². The van der Waals surface area contributed by atoms with Gasteiger partial charge in [-0.3, -0.25) is 4.90 Å². The summed E-state index contributed by atoms with van der Waals surface area (Å²) >= 11 is 0. The normalized spacial score (nSPS) is 20.1. The maximum absolute atomic E-state index is 5.70. The fraction of sp³-hybridized carbons (Fsp3) is 0.375. The molecular weight excluding hydrogens is 252 g/mol. The molecule has 0 spiro atoms. The van der Waals surface area contributed by atoms with Gasteiger partial charge in [0.05, 0.1) is 19.0 Å². The molecule has 0 aliphatic carbocycles. The number of hydrogen-bond donors (Lipinski definition) is 1. The molecule has 2 heterocycles. The largest absolute Gasteiger partial charge is 0.464 e. The number of morpholine rings is 1. The molecule has 4 nitrogen and oxygen atoms in total. The number of nitrogens with zero attached hydrogens (tertiary/aromatic N) is 1. The molecule has 1 aromatic heterocycles. The molecule has 1 aliphatic heterocycles. The molecule has 0 radical (unpaired) electrons. The van der Waals surface area contributed by atoms with Gasteiger partial charge in [0, 0.05) is 31.7 Å². The van der Waals surface area contributed by atoms with Gasteiger partial charge < -0.3 is 14.9 Å². The Bertz CT molecular complexity index is 539. The molecule has 1 aromatic carbocycles. The van der Waals surface area contributed by atoms with Crippen molar-refractivity contribution >= 4 is 0 Å². The van der Waals surface area contributed by atoms with Crippen LogP contribution in [-0.4, -0.2) is 37.2 Å². The fourth-order valence-electron chi connectivity index (χ4n) is 2.64. The van der Waals surface area contributed by atoms with Gasteiger partial charge in [-0.1, -0.05) is 24.3 Å². The third kappa shape index (κ3) is 2.93. The molecule has 2 aromatic rings. The van der Waals surface area contributed by atoms with Gasteiger partial charge >= 0.3 is 0 Å². The Kier molecular flexibility index (Phi) is 4.16. The summed E-state index contributed by atoms with van der Waals surface area (Å²) in [5.74, 6) is 0.921. The summed E-state index contributed by atoms with van der Waals surface area (Å²) in [6.07, 6.45) is 1.87. The highest BCUT2D eigenvalue weighted by Gasteiger charge is 2.20. The Morgan fingerprint density at radius 1 is 1.20 bits per heavy atom. The zero-order valence-electron chi connectivity index (χ0n) is 11.5. The highest BCUT2D eigenvalue weighted by molar-refractivity contribution is 5.61. The van der Waals surface area contributed by atoms with Crippen LogP contribution in [0.4, 0.5) is 0 Å². The molecular formula is C16H20N2O2. The van der Waals surface area contributed by atoms with Crippen molar-refractivity contribution in [2.45, 2.75) is 12.6 Å². The van der Waals surface area contributed by atoms with Crippen molar-refractivity contribution in [3.63, 3.8) is 0 Å². The van der Waals surface area contributed by atoms with Gasteiger partial charge in [0.1, 0.15) is 5.76 Å². The van der Waals surface area contributed by atoms with Crippen LogP contribution in [0, 0.1) is 0 Å². The predicted molar refractivity (Wildman–Crippen MR) is 78.2 cm³/mol. The van der Waals surface area contributed by atoms with Crippen LogP contribution in [0.2, 0.25) is 0 Å². The molecule has 106 valence electrons. The second-order valence-electron chi connectivity index (χ2n) is 5.10. The van der Waals surface area contributed by atoms with Gasteiger partial charge in [-0.15, -0.1) is 0 Å². The molecule has 0 saturated carbocycles. The summed E-state index contributed by atoms with van der Waals surface area (Å²) in [7, 11) is 0. The van der Waals surface area contributed by atoms with Crippen LogP contribution >= 0.6 is 0 Å². The maximum Gasteiger partial charge on any atom is 0.134 e. The Balaban J connectivity index is 1.77. The van der Waals surface area contributed by atoms with Crippen molar-refractivity contribution in [3.05, 3.63) is 48.2 Å². The van der Waals surface area contributed by atoms with Crippen LogP contribution in [0.1, 0.15) is 5.56 Å². The van der Waals surface area contributed by atoms with Gasteiger partial charge in [-0.25, -0.2) is 0 Å². The molecule has 0 unspecified atom stereocenters. The standard InChI is InChI=1S/C16H20N2O2/c17-10-14-12-18(7-9-19-14)11-13-4-1-2-5-15(13)16-6-3-8-20-16/h1-6,8,14H,7,9-12,17H2/t14-/m1/s1. The second-order valence-corrected chi connectivity index (χ2v) is 5.10. The first-order valence-corrected chi connectivity index (χ1v) is 7.02. The van der Waals surface area contributed by atoms with E-state index in [4.69, 9.17) is 14.9 Å². The average molecular weight is 272 g/mol. The number of nitrogens with two attached hydrogens (primary N) is 1. The molecule has 1 fully saturated rings. The first kappa shape index (κ1) is 13.4. The topological polar surface area (TPSA) is 51.6 Å². The fourth-order valence-corrected chi connectivity index (χ4v) is 2.64. The molecule has 3 rings (SSSR count). The van der Waals surface area contributed by atoms with Crippen molar-refractivity contribution in [2.75, 3.05) is 26.2 Å². The lowest BCUT2D eigenvalue weighted by Gasteiger charge is -2.32. The minimum atomic E-state index is 0.152. The molecule has 4 heteroatoms. The molecule has 1 saturated heterocycles. The van der Waals surface area contributed by atoms with E-state index in [-0.39, 0.29) is 6.10 Å². The van der Waals surface area contributed by atoms with E-state index in [0.29, 0.717) is 6.54 Å². The lowest BCUT2D eigenvalue weighted by molar-refractivity contribution is -0.0260. The van der Waals surface area contributed by atoms with E-state index in [1.165, 1.54) is 5.56 Å². The quantitative estimate of drug-likeness (QED) is 0.926. The van der Waals surface area contributed by atoms with Crippen molar-refractivity contribution in [1.29, 1.82) is 0 Å². The summed E-state index contributed by atoms with van der Waals surface area (Å²) in [4.78, 5) is 2.39. The molecule has 20 heavy (non-hydrogen) atoms. The number of benzene rings is 1. The van der Waals surface area contributed by atoms with Crippen LogP contribution in [-0.2, 0) is 11.3 Å². The van der Waals surface area contributed by atoms with Crippen LogP contribution in [0.3, 0.4) is 0 Å². The number of hydrogen-bond acceptors (Lipinski definition) is 4. The summed E-state index contributed by atoms with van der Waals surface area (Å²) in [5, 5.41) is 0. The van der Waals surface area contributed by atoms with Crippen molar-refractivity contribution in [3.8, 4) is 11.3 Å². The number of furan rings is 1. The number of rotatable bonds is 4. The summed E-state index contributed by atoms with van der Waals surface area (Å²) in [6, 6.07) is 12.3. The first-order chi connectivity index (χ1) is 9.86. The van der Waals surface area contributed by atoms with E-state index in [1.807, 2.05) is 18.2 Å². The van der Waals surface area contributed by atoms with Crippen molar-refractivity contribution < 1.29 is 9.15 Å². The van der Waals surface area contributed by atoms with Crippen LogP contribution < -0.4 is 5.73 Å². The Labute approximate surface area is 119 Å². The summed E-state index contributed by atoms with van der Waals surface area (Å²) in [5.41, 5.74) is 8.14. The summed E-state index contributed by atoms with van der Waals surface area (Å²) in [6.45, 7) is 4.07. The van der Waals surface area contributed by atoms with E-state index in [9.17, 15) is 0 Å². The average Bonchev–Trinajstić information content (AvgIpc) is 3.02. The SMILES string of the molecule is NC[C@@H]1CN(Cc2ccccc2-c2ccco2)CCO1. The lowest BCUT2D eigenvalue weighted by atomic mass is 10.0. The van der Waals surface area contributed by atoms with Crippen LogP contribution in [0.5, 0.6) is 0 Å². The Hall–Kier alpha value is -1.62. The third-order valence-corrected chi connectivity index (χ3v) is 3.68. The van der Waals surface area contributed by atoms with E-state index < -0.39 is 0 Å². The third-order valence-electron chi connectivity index (χ3n) is 3.68. The van der Waals surface area contributed by atoms with Gasteiger partial charge in [0.2, 0.25) is 0 Å². The number of ether oxygens (including phenoxy) is 1. The highest BCUT2D eigenvalue weighted by atomic mass is 16.5. The Morgan fingerprint density at radius 3 is 2.90 bits per heavy atom. The van der Waals surface area contributed by atoms with Gasteiger partial charge in [-0.2, -0.15) is 0 Å². The molecule has 1 aliphatic rings. The van der Waals surface area contributed by atoms with Gasteiger partial charge in [-0.05, 0) is 17.7 Å². The zero-order chi connectivity index (χ0) is 13.8. The molecule has 2 N–H and O–H groups in total. The Morgan fingerprint density at radius 2 is 2.10 bits per heavy atom. The van der Waals surface area contributed by atoms with Crippen molar-refractivity contribution in [1.82, 2.24) is 4.90 Å². The molecule has 0 amide bonds. The van der Waals surface area contributed by atoms with Crippen LogP contribution in [0.25, 0.3) is 11.3 Å². The smallest absolute Gasteiger partial charge is 0.134 e. The monoisotopic (exact) mass is 272 g/mol. The summed E-state index contributed by atoms with van der Waals surface area (Å²) < 4.78 is 11.1. The van der Waals surface area contributed by atoms with Gasteiger partial charge in [0.25, 0.3) is 0 Å². The molecule has 1 atom stereocenters. The maximum atomic E-state index is 5.70. The zero-order valence-corrected chi connectivity index (χ0v) is 11.5. The predicted octanol–water partition coefficient (Wildman–Crippen LogP) is 2.11. The first-order valence-electron chi connectivity index (χ1n) is 7.02. The second kappa shape index (κ2) is 6.22. The van der Waals surface area contributed by atoms with Crippen molar-refractivity contribution in [2.24, 2.45) is 5.73 Å². The van der Waals surface area contributed by atoms with Gasteiger partial charge in [0.15, 0.2) is 0 Å². The highest BCUT2D eigenvalue weighted by Crippen LogP contribution is 2.25. The van der Waals surface area contributed by atoms with E-state index in [1.54, 1.807) is 6.26 Å². The van der Waals surface area contributed by atoms with E-state index >= 15 is 0 Å². The lowest BCUT2D eigenvalue weighted by Crippen LogP contribution is -2.45. The molecule has 0 bridgehead atoms. The van der Waals surface area contributed by atoms with E-state index in [0.717, 1.165) is 37.6 Å². The van der Waals surface area contributed by atoms with Crippen LogP contribution in [0.15, 0.2) is 47.1 Å². The minimum absolute atomic E-state index is 0.152.